The monoisotopic (exact) mass is 459 g/mol. The van der Waals surface area contributed by atoms with Gasteiger partial charge in [-0.2, -0.15) is 0 Å². The largest absolute Gasteiger partial charge is 0.503 e. The number of fused-ring (bicyclic) bond motifs is 1. The molecule has 2 aromatic heterocycles. The van der Waals surface area contributed by atoms with E-state index >= 15 is 0 Å². The standard InChI is InChI=1S/C26H21NO5S/c1-14-10-15(2)12-17(11-14)27-22(20-8-5-9-33-20)21(24(29)26(27)30)23(28)19-13-16-6-4-7-18(31-3)25(16)32-19/h4-13,22,29H,1-3H3. The van der Waals surface area contributed by atoms with Gasteiger partial charge in [-0.15, -0.1) is 11.3 Å². The Labute approximate surface area is 194 Å². The van der Waals surface area contributed by atoms with Crippen LogP contribution in [0.3, 0.4) is 0 Å². The number of anilines is 1. The van der Waals surface area contributed by atoms with Gasteiger partial charge in [-0.1, -0.05) is 24.3 Å². The number of rotatable bonds is 5. The summed E-state index contributed by atoms with van der Waals surface area (Å²) < 4.78 is 11.2. The van der Waals surface area contributed by atoms with E-state index in [1.165, 1.54) is 23.3 Å². The van der Waals surface area contributed by atoms with E-state index in [0.717, 1.165) is 16.0 Å². The summed E-state index contributed by atoms with van der Waals surface area (Å²) >= 11 is 1.42. The summed E-state index contributed by atoms with van der Waals surface area (Å²) in [5.74, 6) is -1.18. The minimum absolute atomic E-state index is 0.000341. The fraction of sp³-hybridized carbons (Fsp3) is 0.154. The van der Waals surface area contributed by atoms with E-state index in [4.69, 9.17) is 9.15 Å². The molecule has 2 aromatic carbocycles. The number of amides is 1. The van der Waals surface area contributed by atoms with E-state index in [1.54, 1.807) is 18.2 Å². The first-order valence-corrected chi connectivity index (χ1v) is 11.3. The molecule has 1 amide bonds. The second kappa shape index (κ2) is 7.94. The highest BCUT2D eigenvalue weighted by Crippen LogP contribution is 2.44. The molecule has 7 heteroatoms. The molecule has 1 aliphatic rings. The normalized spacial score (nSPS) is 16.2. The summed E-state index contributed by atoms with van der Waals surface area (Å²) in [7, 11) is 1.53. The summed E-state index contributed by atoms with van der Waals surface area (Å²) in [6, 6.07) is 15.7. The Kier molecular flexibility index (Phi) is 5.06. The highest BCUT2D eigenvalue weighted by molar-refractivity contribution is 7.10. The number of aryl methyl sites for hydroxylation is 2. The number of carbonyl (C=O) groups is 2. The Morgan fingerprint density at radius 3 is 2.52 bits per heavy atom. The predicted octanol–water partition coefficient (Wildman–Crippen LogP) is 5.90. The van der Waals surface area contributed by atoms with Crippen LogP contribution in [-0.2, 0) is 4.79 Å². The minimum Gasteiger partial charge on any atom is -0.503 e. The number of ketones is 1. The average molecular weight is 460 g/mol. The van der Waals surface area contributed by atoms with Crippen LogP contribution in [0.1, 0.15) is 32.6 Å². The van der Waals surface area contributed by atoms with Crippen molar-refractivity contribution >= 4 is 39.7 Å². The molecule has 0 saturated heterocycles. The van der Waals surface area contributed by atoms with Crippen molar-refractivity contribution in [2.75, 3.05) is 12.0 Å². The number of thiophene rings is 1. The smallest absolute Gasteiger partial charge is 0.294 e. The second-order valence-corrected chi connectivity index (χ2v) is 9.00. The van der Waals surface area contributed by atoms with Crippen LogP contribution in [0.2, 0.25) is 0 Å². The number of hydrogen-bond acceptors (Lipinski definition) is 6. The minimum atomic E-state index is -0.763. The molecule has 6 nitrogen and oxygen atoms in total. The fourth-order valence-electron chi connectivity index (χ4n) is 4.35. The van der Waals surface area contributed by atoms with Gasteiger partial charge in [-0.3, -0.25) is 14.5 Å². The van der Waals surface area contributed by atoms with Gasteiger partial charge in [0.25, 0.3) is 5.91 Å². The van der Waals surface area contributed by atoms with Crippen molar-refractivity contribution in [3.63, 3.8) is 0 Å². The molecule has 1 atom stereocenters. The van der Waals surface area contributed by atoms with E-state index in [1.807, 2.05) is 55.6 Å². The molecular formula is C26H21NO5S. The van der Waals surface area contributed by atoms with Crippen LogP contribution in [0.15, 0.2) is 75.7 Å². The summed E-state index contributed by atoms with van der Waals surface area (Å²) in [6.07, 6.45) is 0. The molecule has 0 aliphatic carbocycles. The van der Waals surface area contributed by atoms with E-state index in [0.29, 0.717) is 22.4 Å². The van der Waals surface area contributed by atoms with Crippen LogP contribution in [0, 0.1) is 13.8 Å². The third-order valence-corrected chi connectivity index (χ3v) is 6.63. The summed E-state index contributed by atoms with van der Waals surface area (Å²) in [5.41, 5.74) is 3.01. The Bertz CT molecular complexity index is 1410. The van der Waals surface area contributed by atoms with Gasteiger partial charge in [0.1, 0.15) is 6.04 Å². The number of para-hydroxylation sites is 1. The van der Waals surface area contributed by atoms with Gasteiger partial charge in [0, 0.05) is 16.0 Å². The Morgan fingerprint density at radius 2 is 1.85 bits per heavy atom. The topological polar surface area (TPSA) is 80.0 Å². The van der Waals surface area contributed by atoms with Gasteiger partial charge < -0.3 is 14.3 Å². The lowest BCUT2D eigenvalue weighted by Gasteiger charge is -2.26. The maximum absolute atomic E-state index is 13.7. The van der Waals surface area contributed by atoms with Gasteiger partial charge in [-0.25, -0.2) is 0 Å². The lowest BCUT2D eigenvalue weighted by molar-refractivity contribution is -0.117. The van der Waals surface area contributed by atoms with Crippen molar-refractivity contribution in [3.05, 3.63) is 93.1 Å². The first-order valence-electron chi connectivity index (χ1n) is 10.4. The van der Waals surface area contributed by atoms with Crippen LogP contribution < -0.4 is 9.64 Å². The maximum atomic E-state index is 13.7. The average Bonchev–Trinajstić information content (AvgIpc) is 3.51. The predicted molar refractivity (Wildman–Crippen MR) is 127 cm³/mol. The van der Waals surface area contributed by atoms with Gasteiger partial charge in [0.05, 0.1) is 12.7 Å². The van der Waals surface area contributed by atoms with E-state index in [2.05, 4.69) is 0 Å². The molecule has 1 unspecified atom stereocenters. The molecule has 4 aromatic rings. The zero-order chi connectivity index (χ0) is 23.3. The van der Waals surface area contributed by atoms with Crippen LogP contribution >= 0.6 is 11.3 Å². The number of ether oxygens (including phenoxy) is 1. The van der Waals surface area contributed by atoms with Crippen LogP contribution in [0.5, 0.6) is 5.75 Å². The van der Waals surface area contributed by atoms with Crippen LogP contribution in [-0.4, -0.2) is 23.9 Å². The Morgan fingerprint density at radius 1 is 1.09 bits per heavy atom. The van der Waals surface area contributed by atoms with Crippen molar-refractivity contribution in [2.45, 2.75) is 19.9 Å². The van der Waals surface area contributed by atoms with Gasteiger partial charge in [0.2, 0.25) is 5.78 Å². The Balaban J connectivity index is 1.65. The first-order chi connectivity index (χ1) is 15.9. The number of carbonyl (C=O) groups excluding carboxylic acids is 2. The molecule has 0 radical (unpaired) electrons. The molecule has 1 N–H and O–H groups in total. The van der Waals surface area contributed by atoms with Crippen molar-refractivity contribution in [2.24, 2.45) is 0 Å². The lowest BCUT2D eigenvalue weighted by atomic mass is 9.99. The molecule has 166 valence electrons. The highest BCUT2D eigenvalue weighted by atomic mass is 32.1. The summed E-state index contributed by atoms with van der Waals surface area (Å²) in [6.45, 7) is 3.89. The van der Waals surface area contributed by atoms with Crippen molar-refractivity contribution in [3.8, 4) is 5.75 Å². The molecular weight excluding hydrogens is 438 g/mol. The summed E-state index contributed by atoms with van der Waals surface area (Å²) in [5, 5.41) is 13.5. The Hall–Kier alpha value is -3.84. The number of furan rings is 1. The van der Waals surface area contributed by atoms with Gasteiger partial charge in [0.15, 0.2) is 22.9 Å². The van der Waals surface area contributed by atoms with Crippen molar-refractivity contribution < 1.29 is 23.8 Å². The zero-order valence-electron chi connectivity index (χ0n) is 18.3. The number of aliphatic hydroxyl groups is 1. The number of hydrogen-bond donors (Lipinski definition) is 1. The molecule has 0 saturated carbocycles. The number of benzene rings is 2. The molecule has 5 rings (SSSR count). The van der Waals surface area contributed by atoms with Crippen molar-refractivity contribution in [1.29, 1.82) is 0 Å². The fourth-order valence-corrected chi connectivity index (χ4v) is 5.17. The van der Waals surface area contributed by atoms with E-state index in [9.17, 15) is 14.7 Å². The highest BCUT2D eigenvalue weighted by Gasteiger charge is 2.46. The molecule has 3 heterocycles. The number of Topliss-reactive ketones (excluding diaryl/α,β-unsaturated/α-hetero) is 1. The SMILES string of the molecule is COc1cccc2cc(C(=O)C3=C(O)C(=O)N(c4cc(C)cc(C)c4)C3c3cccs3)oc12. The second-order valence-electron chi connectivity index (χ2n) is 8.02. The zero-order valence-corrected chi connectivity index (χ0v) is 19.1. The third-order valence-electron chi connectivity index (χ3n) is 5.70. The first kappa shape index (κ1) is 21.0. The molecule has 0 spiro atoms. The molecule has 0 fully saturated rings. The lowest BCUT2D eigenvalue weighted by Crippen LogP contribution is -2.30. The molecule has 0 bridgehead atoms. The van der Waals surface area contributed by atoms with Gasteiger partial charge >= 0.3 is 0 Å². The number of aliphatic hydroxyl groups excluding tert-OH is 1. The van der Waals surface area contributed by atoms with Gasteiger partial charge in [-0.05, 0) is 60.7 Å². The summed E-state index contributed by atoms with van der Waals surface area (Å²) in [4.78, 5) is 29.2. The van der Waals surface area contributed by atoms with Crippen LogP contribution in [0.25, 0.3) is 11.0 Å². The third kappa shape index (κ3) is 3.41. The van der Waals surface area contributed by atoms with E-state index < -0.39 is 23.5 Å². The van der Waals surface area contributed by atoms with Crippen LogP contribution in [0.4, 0.5) is 5.69 Å². The quantitative estimate of drug-likeness (QED) is 0.376. The van der Waals surface area contributed by atoms with E-state index in [-0.39, 0.29) is 11.3 Å². The molecule has 33 heavy (non-hydrogen) atoms. The van der Waals surface area contributed by atoms with Crippen molar-refractivity contribution in [1.82, 2.24) is 0 Å². The molecule has 1 aliphatic heterocycles. The maximum Gasteiger partial charge on any atom is 0.294 e. The number of methoxy groups -OCH3 is 1. The number of nitrogens with zero attached hydrogens (tertiary/aromatic N) is 1.